The minimum absolute atomic E-state index is 0.124. The zero-order valence-electron chi connectivity index (χ0n) is 16.9. The number of aromatic nitrogens is 2. The lowest BCUT2D eigenvalue weighted by Crippen LogP contribution is -2.40. The van der Waals surface area contributed by atoms with Crippen LogP contribution in [0.15, 0.2) is 67.0 Å². The van der Waals surface area contributed by atoms with Crippen LogP contribution in [-0.4, -0.2) is 51.5 Å². The molecule has 0 unspecified atom stereocenters. The molecule has 0 saturated carbocycles. The maximum atomic E-state index is 13.2. The van der Waals surface area contributed by atoms with Crippen molar-refractivity contribution in [1.29, 1.82) is 0 Å². The number of carbonyl (C=O) groups is 2. The molecule has 31 heavy (non-hydrogen) atoms. The largest absolute Gasteiger partial charge is 0.395 e. The number of aliphatic hydroxyl groups excluding tert-OH is 1. The highest BCUT2D eigenvalue weighted by molar-refractivity contribution is 6.04. The molecule has 0 aliphatic carbocycles. The van der Waals surface area contributed by atoms with Gasteiger partial charge in [0.15, 0.2) is 5.82 Å². The first-order valence-electron chi connectivity index (χ1n) is 10.0. The van der Waals surface area contributed by atoms with Crippen molar-refractivity contribution in [3.8, 4) is 0 Å². The summed E-state index contributed by atoms with van der Waals surface area (Å²) in [6.07, 6.45) is 3.18. The third kappa shape index (κ3) is 4.70. The number of nitrogens with one attached hydrogen (secondary N) is 1. The Morgan fingerprint density at radius 1 is 1.13 bits per heavy atom. The van der Waals surface area contributed by atoms with Gasteiger partial charge in [-0.1, -0.05) is 36.4 Å². The van der Waals surface area contributed by atoms with E-state index in [1.54, 1.807) is 22.1 Å². The zero-order valence-corrected chi connectivity index (χ0v) is 16.9. The average molecular weight is 417 g/mol. The Morgan fingerprint density at radius 2 is 1.94 bits per heavy atom. The zero-order chi connectivity index (χ0) is 21.6. The number of hydrogen-bond donors (Lipinski definition) is 2. The summed E-state index contributed by atoms with van der Waals surface area (Å²) in [5, 5.41) is 12.5. The van der Waals surface area contributed by atoms with E-state index in [2.05, 4.69) is 15.3 Å². The van der Waals surface area contributed by atoms with Crippen molar-refractivity contribution in [2.24, 2.45) is 0 Å². The van der Waals surface area contributed by atoms with Gasteiger partial charge in [-0.05, 0) is 23.8 Å². The number of benzene rings is 1. The quantitative estimate of drug-likeness (QED) is 0.611. The van der Waals surface area contributed by atoms with Gasteiger partial charge in [0, 0.05) is 25.5 Å². The standard InChI is InChI=1S/C23H23N5O3/c29-11-10-27(15-17-6-2-1-3-7-17)23(31)18-12-20-22(25-13-18)26-14-21(30)28(20)16-19-8-4-5-9-24-19/h1-9,12-13,29H,10-11,14-16H2,(H,25,26). The van der Waals surface area contributed by atoms with Crippen LogP contribution in [0.25, 0.3) is 0 Å². The monoisotopic (exact) mass is 417 g/mol. The minimum Gasteiger partial charge on any atom is -0.395 e. The number of aliphatic hydroxyl groups is 1. The summed E-state index contributed by atoms with van der Waals surface area (Å²) < 4.78 is 0. The average Bonchev–Trinajstić information content (AvgIpc) is 2.81. The van der Waals surface area contributed by atoms with Crippen LogP contribution in [0.3, 0.4) is 0 Å². The predicted octanol–water partition coefficient (Wildman–Crippen LogP) is 2.07. The van der Waals surface area contributed by atoms with Crippen LogP contribution in [0.2, 0.25) is 0 Å². The molecule has 0 fully saturated rings. The van der Waals surface area contributed by atoms with Crippen LogP contribution in [0, 0.1) is 0 Å². The summed E-state index contributed by atoms with van der Waals surface area (Å²) in [4.78, 5) is 37.6. The third-order valence-electron chi connectivity index (χ3n) is 5.03. The van der Waals surface area contributed by atoms with Crippen molar-refractivity contribution in [3.63, 3.8) is 0 Å². The number of anilines is 2. The van der Waals surface area contributed by atoms with Gasteiger partial charge in [-0.15, -0.1) is 0 Å². The number of rotatable bonds is 7. The van der Waals surface area contributed by atoms with E-state index >= 15 is 0 Å². The fourth-order valence-corrected chi connectivity index (χ4v) is 3.49. The summed E-state index contributed by atoms with van der Waals surface area (Å²) in [7, 11) is 0. The van der Waals surface area contributed by atoms with Gasteiger partial charge in [0.2, 0.25) is 5.91 Å². The van der Waals surface area contributed by atoms with E-state index < -0.39 is 0 Å². The maximum Gasteiger partial charge on any atom is 0.255 e. The molecule has 8 nitrogen and oxygen atoms in total. The summed E-state index contributed by atoms with van der Waals surface area (Å²) in [6, 6.07) is 16.8. The Balaban J connectivity index is 1.62. The molecule has 3 aromatic rings. The van der Waals surface area contributed by atoms with Crippen LogP contribution in [-0.2, 0) is 17.9 Å². The van der Waals surface area contributed by atoms with Gasteiger partial charge < -0.3 is 20.2 Å². The number of fused-ring (bicyclic) bond motifs is 1. The molecule has 0 spiro atoms. The van der Waals surface area contributed by atoms with Gasteiger partial charge in [-0.2, -0.15) is 0 Å². The topological polar surface area (TPSA) is 98.7 Å². The number of hydrogen-bond acceptors (Lipinski definition) is 6. The molecule has 0 radical (unpaired) electrons. The van der Waals surface area contributed by atoms with Crippen molar-refractivity contribution in [2.45, 2.75) is 13.1 Å². The molecule has 0 saturated heterocycles. The normalized spacial score (nSPS) is 12.8. The van der Waals surface area contributed by atoms with Crippen LogP contribution in [0.5, 0.6) is 0 Å². The summed E-state index contributed by atoms with van der Waals surface area (Å²) in [6.45, 7) is 0.831. The van der Waals surface area contributed by atoms with E-state index in [0.29, 0.717) is 23.6 Å². The number of nitrogens with zero attached hydrogens (tertiary/aromatic N) is 4. The molecule has 0 bridgehead atoms. The Bertz CT molecular complexity index is 1060. The molecular formula is C23H23N5O3. The fraction of sp³-hybridized carbons (Fsp3) is 0.217. The maximum absolute atomic E-state index is 13.2. The predicted molar refractivity (Wildman–Crippen MR) is 116 cm³/mol. The van der Waals surface area contributed by atoms with E-state index in [1.165, 1.54) is 6.20 Å². The Labute approximate surface area is 180 Å². The van der Waals surface area contributed by atoms with Gasteiger partial charge in [0.25, 0.3) is 5.91 Å². The van der Waals surface area contributed by atoms with Crippen molar-refractivity contribution < 1.29 is 14.7 Å². The van der Waals surface area contributed by atoms with Crippen LogP contribution < -0.4 is 10.2 Å². The van der Waals surface area contributed by atoms with Gasteiger partial charge in [0.05, 0.1) is 36.6 Å². The highest BCUT2D eigenvalue weighted by atomic mass is 16.3. The van der Waals surface area contributed by atoms with Gasteiger partial charge >= 0.3 is 0 Å². The Hall–Kier alpha value is -3.78. The molecule has 2 aromatic heterocycles. The molecule has 2 N–H and O–H groups in total. The lowest BCUT2D eigenvalue weighted by Gasteiger charge is -2.30. The molecule has 1 aromatic carbocycles. The number of pyridine rings is 2. The van der Waals surface area contributed by atoms with Gasteiger partial charge in [0.1, 0.15) is 0 Å². The second-order valence-corrected chi connectivity index (χ2v) is 7.18. The third-order valence-corrected chi connectivity index (χ3v) is 5.03. The highest BCUT2D eigenvalue weighted by Crippen LogP contribution is 2.30. The number of carbonyl (C=O) groups excluding carboxylic acids is 2. The second kappa shape index (κ2) is 9.36. The molecule has 0 atom stereocenters. The van der Waals surface area contributed by atoms with Crippen molar-refractivity contribution in [1.82, 2.24) is 14.9 Å². The first-order valence-corrected chi connectivity index (χ1v) is 10.0. The second-order valence-electron chi connectivity index (χ2n) is 7.18. The van der Waals surface area contributed by atoms with Crippen LogP contribution in [0.1, 0.15) is 21.6 Å². The minimum atomic E-state index is -0.260. The first kappa shape index (κ1) is 20.5. The summed E-state index contributed by atoms with van der Waals surface area (Å²) >= 11 is 0. The molecule has 2 amide bonds. The highest BCUT2D eigenvalue weighted by Gasteiger charge is 2.27. The summed E-state index contributed by atoms with van der Waals surface area (Å²) in [5.41, 5.74) is 2.59. The van der Waals surface area contributed by atoms with E-state index in [0.717, 1.165) is 11.3 Å². The van der Waals surface area contributed by atoms with E-state index in [9.17, 15) is 14.7 Å². The lowest BCUT2D eigenvalue weighted by molar-refractivity contribution is -0.117. The smallest absolute Gasteiger partial charge is 0.255 e. The number of amides is 2. The van der Waals surface area contributed by atoms with E-state index in [-0.39, 0.29) is 38.1 Å². The molecule has 8 heteroatoms. The molecular weight excluding hydrogens is 394 g/mol. The van der Waals surface area contributed by atoms with Crippen molar-refractivity contribution in [3.05, 3.63) is 83.8 Å². The first-order chi connectivity index (χ1) is 15.2. The summed E-state index contributed by atoms with van der Waals surface area (Å²) in [5.74, 6) is 0.161. The van der Waals surface area contributed by atoms with Crippen LogP contribution in [0.4, 0.5) is 11.5 Å². The van der Waals surface area contributed by atoms with Crippen LogP contribution >= 0.6 is 0 Å². The van der Waals surface area contributed by atoms with Gasteiger partial charge in [-0.3, -0.25) is 14.6 Å². The van der Waals surface area contributed by atoms with Crippen molar-refractivity contribution in [2.75, 3.05) is 29.9 Å². The molecule has 1 aliphatic heterocycles. The van der Waals surface area contributed by atoms with E-state index in [1.807, 2.05) is 48.5 Å². The SMILES string of the molecule is O=C(c1cnc2c(c1)N(Cc1ccccn1)C(=O)CN2)N(CCO)Cc1ccccc1. The molecule has 1 aliphatic rings. The fourth-order valence-electron chi connectivity index (χ4n) is 3.49. The molecule has 3 heterocycles. The van der Waals surface area contributed by atoms with Gasteiger partial charge in [-0.25, -0.2) is 4.98 Å². The molecule has 158 valence electrons. The van der Waals surface area contributed by atoms with E-state index in [4.69, 9.17) is 0 Å². The molecule has 4 rings (SSSR count). The Kier molecular flexibility index (Phi) is 6.18. The Morgan fingerprint density at radius 3 is 2.68 bits per heavy atom. The van der Waals surface area contributed by atoms with Crippen molar-refractivity contribution >= 4 is 23.3 Å². The lowest BCUT2D eigenvalue weighted by atomic mass is 10.1.